The summed E-state index contributed by atoms with van der Waals surface area (Å²) >= 11 is 0. The highest BCUT2D eigenvalue weighted by atomic mass is 32.2. The van der Waals surface area contributed by atoms with Crippen LogP contribution >= 0.6 is 0 Å². The normalized spacial score (nSPS) is 12.1. The quantitative estimate of drug-likeness (QED) is 0.558. The lowest BCUT2D eigenvalue weighted by atomic mass is 10.1. The van der Waals surface area contributed by atoms with E-state index in [2.05, 4.69) is 9.44 Å². The molecule has 0 spiro atoms. The van der Waals surface area contributed by atoms with Gasteiger partial charge in [-0.05, 0) is 49.2 Å². The molecular formula is C22H24N2O4S2. The number of benzene rings is 3. The second-order valence-corrected chi connectivity index (χ2v) is 10.6. The summed E-state index contributed by atoms with van der Waals surface area (Å²) in [4.78, 5) is 0.436. The van der Waals surface area contributed by atoms with Crippen molar-refractivity contribution >= 4 is 20.0 Å². The van der Waals surface area contributed by atoms with Crippen molar-refractivity contribution in [2.24, 2.45) is 0 Å². The van der Waals surface area contributed by atoms with Crippen molar-refractivity contribution in [2.45, 2.75) is 36.7 Å². The van der Waals surface area contributed by atoms with Gasteiger partial charge in [0.15, 0.2) is 0 Å². The zero-order valence-corrected chi connectivity index (χ0v) is 18.4. The molecule has 0 unspecified atom stereocenters. The van der Waals surface area contributed by atoms with E-state index in [4.69, 9.17) is 0 Å². The van der Waals surface area contributed by atoms with Crippen molar-refractivity contribution in [2.75, 3.05) is 0 Å². The van der Waals surface area contributed by atoms with Gasteiger partial charge in [-0.15, -0.1) is 0 Å². The first-order valence-electron chi connectivity index (χ1n) is 9.36. The van der Waals surface area contributed by atoms with Crippen LogP contribution in [-0.2, 0) is 33.1 Å². The minimum Gasteiger partial charge on any atom is -0.207 e. The number of sulfonamides is 2. The molecule has 0 aliphatic heterocycles. The minimum absolute atomic E-state index is 0.144. The van der Waals surface area contributed by atoms with Crippen LogP contribution in [0.25, 0.3) is 0 Å². The third kappa shape index (κ3) is 5.76. The molecule has 3 aromatic rings. The molecule has 3 rings (SSSR count). The molecule has 8 heteroatoms. The van der Waals surface area contributed by atoms with Gasteiger partial charge in [0, 0.05) is 13.1 Å². The summed E-state index contributed by atoms with van der Waals surface area (Å²) in [5.41, 5.74) is 3.52. The number of nitrogens with one attached hydrogen (secondary N) is 2. The lowest BCUT2D eigenvalue weighted by Gasteiger charge is -2.09. The predicted octanol–water partition coefficient (Wildman–Crippen LogP) is 3.26. The highest BCUT2D eigenvalue weighted by Crippen LogP contribution is 2.13. The first-order valence-corrected chi connectivity index (χ1v) is 12.3. The molecule has 0 saturated heterocycles. The Morgan fingerprint density at radius 2 is 0.833 bits per heavy atom. The van der Waals surface area contributed by atoms with Gasteiger partial charge in [0.1, 0.15) is 0 Å². The van der Waals surface area contributed by atoms with E-state index in [1.807, 2.05) is 13.8 Å². The van der Waals surface area contributed by atoms with Gasteiger partial charge in [-0.2, -0.15) is 0 Å². The van der Waals surface area contributed by atoms with Crippen LogP contribution in [0.4, 0.5) is 0 Å². The van der Waals surface area contributed by atoms with E-state index in [9.17, 15) is 16.8 Å². The van der Waals surface area contributed by atoms with Gasteiger partial charge in [-0.1, -0.05) is 59.7 Å². The first-order chi connectivity index (χ1) is 14.2. The van der Waals surface area contributed by atoms with Gasteiger partial charge in [0.2, 0.25) is 20.0 Å². The molecule has 0 aliphatic carbocycles. The van der Waals surface area contributed by atoms with Gasteiger partial charge in [0.05, 0.1) is 9.79 Å². The average Bonchev–Trinajstić information content (AvgIpc) is 2.72. The van der Waals surface area contributed by atoms with Gasteiger partial charge in [-0.25, -0.2) is 26.3 Å². The van der Waals surface area contributed by atoms with Crippen LogP contribution in [-0.4, -0.2) is 16.8 Å². The maximum atomic E-state index is 12.4. The van der Waals surface area contributed by atoms with Crippen LogP contribution in [0.2, 0.25) is 0 Å². The van der Waals surface area contributed by atoms with Crippen LogP contribution in [0.1, 0.15) is 22.3 Å². The third-order valence-electron chi connectivity index (χ3n) is 4.62. The second kappa shape index (κ2) is 9.09. The molecule has 6 nitrogen and oxygen atoms in total. The van der Waals surface area contributed by atoms with Crippen LogP contribution in [0.5, 0.6) is 0 Å². The average molecular weight is 445 g/mol. The summed E-state index contributed by atoms with van der Waals surface area (Å²) < 4.78 is 54.6. The maximum Gasteiger partial charge on any atom is 0.240 e. The molecule has 0 radical (unpaired) electrons. The highest BCUT2D eigenvalue weighted by Gasteiger charge is 2.14. The lowest BCUT2D eigenvalue weighted by Crippen LogP contribution is -2.24. The zero-order valence-electron chi connectivity index (χ0n) is 16.8. The Morgan fingerprint density at radius 3 is 1.13 bits per heavy atom. The van der Waals surface area contributed by atoms with Crippen molar-refractivity contribution in [1.29, 1.82) is 0 Å². The minimum atomic E-state index is -3.59. The first kappa shape index (κ1) is 22.2. The fraction of sp³-hybridized carbons (Fsp3) is 0.182. The van der Waals surface area contributed by atoms with E-state index in [0.717, 1.165) is 22.3 Å². The molecule has 0 aliphatic rings. The Bertz CT molecular complexity index is 1100. The molecular weight excluding hydrogens is 420 g/mol. The standard InChI is InChI=1S/C22H24N2O4S2/c1-17-3-11-21(12-4-17)29(25,26)23-15-19-7-9-20(10-8-19)16-24-30(27,28)22-13-5-18(2)6-14-22/h3-14,23-24H,15-16H2,1-2H3. The van der Waals surface area contributed by atoms with Crippen molar-refractivity contribution in [3.8, 4) is 0 Å². The highest BCUT2D eigenvalue weighted by molar-refractivity contribution is 7.89. The van der Waals surface area contributed by atoms with E-state index in [1.165, 1.54) is 0 Å². The summed E-state index contributed by atoms with van der Waals surface area (Å²) in [6.45, 7) is 4.08. The Morgan fingerprint density at radius 1 is 0.533 bits per heavy atom. The molecule has 0 amide bonds. The topological polar surface area (TPSA) is 92.3 Å². The molecule has 0 saturated carbocycles. The number of aryl methyl sites for hydroxylation is 2. The van der Waals surface area contributed by atoms with Crippen LogP contribution in [0.3, 0.4) is 0 Å². The molecule has 0 fully saturated rings. The fourth-order valence-corrected chi connectivity index (χ4v) is 4.77. The summed E-state index contributed by atoms with van der Waals surface area (Å²) in [7, 11) is -7.18. The van der Waals surface area contributed by atoms with Crippen LogP contribution in [0, 0.1) is 13.8 Å². The molecule has 3 aromatic carbocycles. The van der Waals surface area contributed by atoms with E-state index < -0.39 is 20.0 Å². The fourth-order valence-electron chi connectivity index (χ4n) is 2.73. The summed E-state index contributed by atoms with van der Waals surface area (Å²) in [6.07, 6.45) is 0. The molecule has 0 heterocycles. The van der Waals surface area contributed by atoms with Crippen molar-refractivity contribution < 1.29 is 16.8 Å². The lowest BCUT2D eigenvalue weighted by molar-refractivity contribution is 0.579. The summed E-state index contributed by atoms with van der Waals surface area (Å²) in [6, 6.07) is 20.4. The Balaban J connectivity index is 1.58. The van der Waals surface area contributed by atoms with Crippen molar-refractivity contribution in [1.82, 2.24) is 9.44 Å². The van der Waals surface area contributed by atoms with Crippen molar-refractivity contribution in [3.63, 3.8) is 0 Å². The number of hydrogen-bond acceptors (Lipinski definition) is 4. The molecule has 30 heavy (non-hydrogen) atoms. The SMILES string of the molecule is Cc1ccc(S(=O)(=O)NCc2ccc(CNS(=O)(=O)c3ccc(C)cc3)cc2)cc1. The van der Waals surface area contributed by atoms with Gasteiger partial charge in [-0.3, -0.25) is 0 Å². The second-order valence-electron chi connectivity index (χ2n) is 7.09. The molecule has 0 aromatic heterocycles. The monoisotopic (exact) mass is 444 g/mol. The van der Waals surface area contributed by atoms with E-state index in [0.29, 0.717) is 0 Å². The zero-order chi connectivity index (χ0) is 21.8. The van der Waals surface area contributed by atoms with E-state index in [-0.39, 0.29) is 22.9 Å². The van der Waals surface area contributed by atoms with Crippen molar-refractivity contribution in [3.05, 3.63) is 95.1 Å². The largest absolute Gasteiger partial charge is 0.240 e. The molecule has 0 bridgehead atoms. The van der Waals surface area contributed by atoms with Gasteiger partial charge < -0.3 is 0 Å². The Hall–Kier alpha value is -2.52. The third-order valence-corrected chi connectivity index (χ3v) is 7.45. The predicted molar refractivity (Wildman–Crippen MR) is 117 cm³/mol. The maximum absolute atomic E-state index is 12.4. The number of rotatable bonds is 8. The van der Waals surface area contributed by atoms with Gasteiger partial charge >= 0.3 is 0 Å². The Kier molecular flexibility index (Phi) is 6.72. The summed E-state index contributed by atoms with van der Waals surface area (Å²) in [5, 5.41) is 0. The molecule has 158 valence electrons. The van der Waals surface area contributed by atoms with Gasteiger partial charge in [0.25, 0.3) is 0 Å². The van der Waals surface area contributed by atoms with E-state index in [1.54, 1.807) is 72.8 Å². The molecule has 2 N–H and O–H groups in total. The summed E-state index contributed by atoms with van der Waals surface area (Å²) in [5.74, 6) is 0. The van der Waals surface area contributed by atoms with Crippen LogP contribution in [0.15, 0.2) is 82.6 Å². The van der Waals surface area contributed by atoms with E-state index >= 15 is 0 Å². The Labute approximate surface area is 178 Å². The number of hydrogen-bond donors (Lipinski definition) is 2. The molecule has 0 atom stereocenters. The van der Waals surface area contributed by atoms with Crippen LogP contribution < -0.4 is 9.44 Å². The smallest absolute Gasteiger partial charge is 0.207 e.